The molecule has 2 fully saturated rings. The zero-order chi connectivity index (χ0) is 19.0. The minimum atomic E-state index is -1.30. The molecule has 1 amide bonds. The van der Waals surface area contributed by atoms with Crippen molar-refractivity contribution in [1.82, 2.24) is 19.9 Å². The molecule has 1 saturated carbocycles. The molecule has 2 unspecified atom stereocenters. The summed E-state index contributed by atoms with van der Waals surface area (Å²) < 4.78 is 5.43. The summed E-state index contributed by atoms with van der Waals surface area (Å²) in [5, 5.41) is 13.8. The second kappa shape index (κ2) is 7.07. The van der Waals surface area contributed by atoms with Crippen molar-refractivity contribution in [2.24, 2.45) is 5.41 Å². The van der Waals surface area contributed by atoms with Gasteiger partial charge < -0.3 is 14.5 Å². The Morgan fingerprint density at radius 2 is 2.00 bits per heavy atom. The van der Waals surface area contributed by atoms with Gasteiger partial charge in [0.1, 0.15) is 5.41 Å². The third-order valence-corrected chi connectivity index (χ3v) is 6.10. The van der Waals surface area contributed by atoms with Crippen LogP contribution in [0, 0.1) is 5.41 Å². The summed E-state index contributed by atoms with van der Waals surface area (Å²) in [6.07, 6.45) is 7.33. The number of rotatable bonds is 5. The van der Waals surface area contributed by atoms with Crippen LogP contribution in [0.5, 0.6) is 0 Å². The van der Waals surface area contributed by atoms with Gasteiger partial charge in [-0.15, -0.1) is 0 Å². The summed E-state index contributed by atoms with van der Waals surface area (Å²) in [5.41, 5.74) is -1.30. The smallest absolute Gasteiger partial charge is 0.319 e. The van der Waals surface area contributed by atoms with E-state index in [1.165, 1.54) is 0 Å². The highest BCUT2D eigenvalue weighted by molar-refractivity contribution is 6.02. The molecule has 2 aliphatic carbocycles. The molecule has 1 N–H and O–H groups in total. The summed E-state index contributed by atoms with van der Waals surface area (Å²) in [7, 11) is 0. The van der Waals surface area contributed by atoms with Crippen molar-refractivity contribution in [2.75, 3.05) is 26.2 Å². The van der Waals surface area contributed by atoms with Gasteiger partial charge in [-0.2, -0.15) is 4.98 Å². The number of aromatic nitrogens is 2. The number of carboxylic acids is 1. The Bertz CT molecular complexity index is 749. The lowest BCUT2D eigenvalue weighted by Crippen LogP contribution is -2.55. The lowest BCUT2D eigenvalue weighted by atomic mass is 9.75. The topological polar surface area (TPSA) is 99.8 Å². The van der Waals surface area contributed by atoms with Gasteiger partial charge in [0.05, 0.1) is 6.04 Å². The SMILES string of the molecule is CC(c1nc(C2CC2)no1)N1CCN(C(=O)C2(C(=O)O)CC=CCC2)CC1. The van der Waals surface area contributed by atoms with Crippen molar-refractivity contribution in [2.45, 2.75) is 51.0 Å². The number of nitrogens with zero attached hydrogens (tertiary/aromatic N) is 4. The fourth-order valence-electron chi connectivity index (χ4n) is 4.01. The Morgan fingerprint density at radius 1 is 1.26 bits per heavy atom. The fraction of sp³-hybridized carbons (Fsp3) is 0.684. The monoisotopic (exact) mass is 374 g/mol. The van der Waals surface area contributed by atoms with Crippen molar-refractivity contribution >= 4 is 11.9 Å². The van der Waals surface area contributed by atoms with Gasteiger partial charge in [-0.3, -0.25) is 14.5 Å². The molecule has 1 saturated heterocycles. The highest BCUT2D eigenvalue weighted by atomic mass is 16.5. The fourth-order valence-corrected chi connectivity index (χ4v) is 4.01. The number of hydrogen-bond acceptors (Lipinski definition) is 6. The van der Waals surface area contributed by atoms with Crippen LogP contribution in [-0.2, 0) is 9.59 Å². The molecular weight excluding hydrogens is 348 g/mol. The summed E-state index contributed by atoms with van der Waals surface area (Å²) >= 11 is 0. The van der Waals surface area contributed by atoms with E-state index >= 15 is 0 Å². The highest BCUT2D eigenvalue weighted by Gasteiger charge is 2.48. The highest BCUT2D eigenvalue weighted by Crippen LogP contribution is 2.39. The average molecular weight is 374 g/mol. The van der Waals surface area contributed by atoms with E-state index in [0.29, 0.717) is 50.8 Å². The Hall–Kier alpha value is -2.22. The molecule has 146 valence electrons. The molecule has 0 bridgehead atoms. The Morgan fingerprint density at radius 3 is 2.59 bits per heavy atom. The van der Waals surface area contributed by atoms with Crippen molar-refractivity contribution in [3.8, 4) is 0 Å². The molecule has 2 atom stereocenters. The van der Waals surface area contributed by atoms with E-state index in [9.17, 15) is 14.7 Å². The van der Waals surface area contributed by atoms with Gasteiger partial charge >= 0.3 is 5.97 Å². The summed E-state index contributed by atoms with van der Waals surface area (Å²) in [6.45, 7) is 4.41. The Balaban J connectivity index is 1.38. The van der Waals surface area contributed by atoms with E-state index < -0.39 is 11.4 Å². The maximum atomic E-state index is 13.0. The molecule has 1 aromatic rings. The molecule has 8 nitrogen and oxygen atoms in total. The molecule has 0 spiro atoms. The average Bonchev–Trinajstić information content (AvgIpc) is 3.44. The molecular formula is C19H26N4O4. The number of piperazine rings is 1. The molecule has 2 heterocycles. The molecule has 0 aromatic carbocycles. The number of carbonyl (C=O) groups excluding carboxylic acids is 1. The van der Waals surface area contributed by atoms with E-state index in [2.05, 4.69) is 15.0 Å². The quantitative estimate of drug-likeness (QED) is 0.621. The maximum Gasteiger partial charge on any atom is 0.319 e. The second-order valence-corrected chi connectivity index (χ2v) is 7.87. The summed E-state index contributed by atoms with van der Waals surface area (Å²) in [5.74, 6) is 0.628. The zero-order valence-electron chi connectivity index (χ0n) is 15.6. The molecule has 3 aliphatic rings. The third kappa shape index (κ3) is 3.38. The van der Waals surface area contributed by atoms with Crippen molar-refractivity contribution in [1.29, 1.82) is 0 Å². The predicted octanol–water partition coefficient (Wildman–Crippen LogP) is 1.96. The number of hydrogen-bond donors (Lipinski definition) is 1. The zero-order valence-corrected chi connectivity index (χ0v) is 15.6. The van der Waals surface area contributed by atoms with Crippen molar-refractivity contribution < 1.29 is 19.2 Å². The first-order valence-electron chi connectivity index (χ1n) is 9.76. The predicted molar refractivity (Wildman–Crippen MR) is 95.9 cm³/mol. The largest absolute Gasteiger partial charge is 0.480 e. The van der Waals surface area contributed by atoms with Gasteiger partial charge in [-0.1, -0.05) is 17.3 Å². The van der Waals surface area contributed by atoms with Crippen molar-refractivity contribution in [3.05, 3.63) is 23.9 Å². The van der Waals surface area contributed by atoms with Crippen LogP contribution in [0.15, 0.2) is 16.7 Å². The number of carbonyl (C=O) groups is 2. The first kappa shape index (κ1) is 18.2. The van der Waals surface area contributed by atoms with Crippen LogP contribution in [0.3, 0.4) is 0 Å². The Kier molecular flexibility index (Phi) is 4.75. The normalized spacial score (nSPS) is 27.5. The molecule has 0 radical (unpaired) electrons. The minimum Gasteiger partial charge on any atom is -0.480 e. The minimum absolute atomic E-state index is 0.00620. The molecule has 1 aromatic heterocycles. The van der Waals surface area contributed by atoms with Crippen LogP contribution in [0.1, 0.15) is 62.7 Å². The van der Waals surface area contributed by atoms with Gasteiger partial charge in [-0.05, 0) is 39.0 Å². The van der Waals surface area contributed by atoms with Crippen LogP contribution in [0.2, 0.25) is 0 Å². The van der Waals surface area contributed by atoms with E-state index in [1.54, 1.807) is 4.90 Å². The number of carboxylic acid groups (broad SMARTS) is 1. The van der Waals surface area contributed by atoms with Gasteiger partial charge in [0.2, 0.25) is 11.8 Å². The van der Waals surface area contributed by atoms with Gasteiger partial charge in [-0.25, -0.2) is 0 Å². The molecule has 8 heteroatoms. The van der Waals surface area contributed by atoms with Crippen LogP contribution in [0.4, 0.5) is 0 Å². The maximum absolute atomic E-state index is 13.0. The van der Waals surface area contributed by atoms with E-state index in [-0.39, 0.29) is 18.4 Å². The first-order chi connectivity index (χ1) is 13.0. The summed E-state index contributed by atoms with van der Waals surface area (Å²) in [6, 6.07) is -0.00620. The number of amides is 1. The van der Waals surface area contributed by atoms with Crippen LogP contribution in [0.25, 0.3) is 0 Å². The van der Waals surface area contributed by atoms with Crippen LogP contribution < -0.4 is 0 Å². The van der Waals surface area contributed by atoms with Gasteiger partial charge in [0.25, 0.3) is 0 Å². The third-order valence-electron chi connectivity index (χ3n) is 6.10. The molecule has 27 heavy (non-hydrogen) atoms. The molecule has 4 rings (SSSR count). The van der Waals surface area contributed by atoms with E-state index in [0.717, 1.165) is 18.7 Å². The van der Waals surface area contributed by atoms with E-state index in [1.807, 2.05) is 19.1 Å². The van der Waals surface area contributed by atoms with Crippen molar-refractivity contribution in [3.63, 3.8) is 0 Å². The van der Waals surface area contributed by atoms with Crippen LogP contribution >= 0.6 is 0 Å². The lowest BCUT2D eigenvalue weighted by molar-refractivity contribution is -0.162. The second-order valence-electron chi connectivity index (χ2n) is 7.87. The lowest BCUT2D eigenvalue weighted by Gasteiger charge is -2.41. The number of aliphatic carboxylic acids is 1. The summed E-state index contributed by atoms with van der Waals surface area (Å²) in [4.78, 5) is 33.3. The first-order valence-corrected chi connectivity index (χ1v) is 9.76. The van der Waals surface area contributed by atoms with Gasteiger partial charge in [0, 0.05) is 32.1 Å². The Labute approximate surface area is 158 Å². The van der Waals surface area contributed by atoms with Gasteiger partial charge in [0.15, 0.2) is 5.82 Å². The van der Waals surface area contributed by atoms with Crippen LogP contribution in [-0.4, -0.2) is 63.1 Å². The molecule has 1 aliphatic heterocycles. The van der Waals surface area contributed by atoms with E-state index in [4.69, 9.17) is 4.52 Å². The standard InChI is InChI=1S/C19H26N4O4/c1-13(16-20-15(21-27-16)14-5-6-14)22-9-11-23(12-10-22)17(24)19(18(25)26)7-3-2-4-8-19/h2-3,13-14H,4-12H2,1H3,(H,25,26). The number of allylic oxidation sites excluding steroid dienone is 2.